The van der Waals surface area contributed by atoms with Gasteiger partial charge in [-0.05, 0) is 29.8 Å². The predicted octanol–water partition coefficient (Wildman–Crippen LogP) is 2.20. The smallest absolute Gasteiger partial charge is 0.269 e. The molecule has 1 fully saturated rings. The Bertz CT molecular complexity index is 1050. The van der Waals surface area contributed by atoms with Crippen molar-refractivity contribution in [3.05, 3.63) is 64.5 Å². The number of hydrogen-bond donors (Lipinski definition) is 2. The summed E-state index contributed by atoms with van der Waals surface area (Å²) in [6, 6.07) is 9.63. The number of aromatic nitrogens is 4. The van der Waals surface area contributed by atoms with Gasteiger partial charge in [-0.3, -0.25) is 15.1 Å². The van der Waals surface area contributed by atoms with E-state index in [4.69, 9.17) is 4.74 Å². The van der Waals surface area contributed by atoms with E-state index < -0.39 is 4.92 Å². The molecule has 1 aliphatic rings. The molecular weight excluding hydrogens is 402 g/mol. The lowest BCUT2D eigenvalue weighted by molar-refractivity contribution is -0.384. The minimum Gasteiger partial charge on any atom is -0.378 e. The lowest BCUT2D eigenvalue weighted by Gasteiger charge is -2.27. The van der Waals surface area contributed by atoms with Crippen molar-refractivity contribution >= 4 is 35.4 Å². The van der Waals surface area contributed by atoms with Crippen molar-refractivity contribution in [3.8, 4) is 0 Å². The predicted molar refractivity (Wildman–Crippen MR) is 115 cm³/mol. The standard InChI is InChI=1S/C19H19N9O3/c29-28(30)16-3-1-15(2-4-16)22-17-23-18(26-21-13-14-5-7-20-8-6-14)25-19(24-17)27-9-11-31-12-10-27/h1-8,13H,9-12H2,(H2,22,23,24,25,26). The van der Waals surface area contributed by atoms with Crippen molar-refractivity contribution < 1.29 is 9.66 Å². The maximum absolute atomic E-state index is 10.8. The normalized spacial score (nSPS) is 13.9. The molecule has 0 spiro atoms. The van der Waals surface area contributed by atoms with Gasteiger partial charge in [0, 0.05) is 43.3 Å². The van der Waals surface area contributed by atoms with Gasteiger partial charge in [-0.2, -0.15) is 20.1 Å². The van der Waals surface area contributed by atoms with E-state index in [-0.39, 0.29) is 17.6 Å². The van der Waals surface area contributed by atoms with Crippen LogP contribution in [-0.4, -0.2) is 57.4 Å². The van der Waals surface area contributed by atoms with Crippen LogP contribution < -0.4 is 15.6 Å². The summed E-state index contributed by atoms with van der Waals surface area (Å²) in [4.78, 5) is 29.6. The van der Waals surface area contributed by atoms with Crippen LogP contribution >= 0.6 is 0 Å². The molecule has 0 aliphatic carbocycles. The third kappa shape index (κ3) is 5.45. The maximum atomic E-state index is 10.8. The lowest BCUT2D eigenvalue weighted by atomic mass is 10.3. The first-order valence-corrected chi connectivity index (χ1v) is 9.47. The number of nitrogens with zero attached hydrogens (tertiary/aromatic N) is 7. The van der Waals surface area contributed by atoms with Gasteiger partial charge in [0.15, 0.2) is 0 Å². The van der Waals surface area contributed by atoms with Crippen LogP contribution in [0.1, 0.15) is 5.56 Å². The molecule has 158 valence electrons. The summed E-state index contributed by atoms with van der Waals surface area (Å²) < 4.78 is 5.39. The van der Waals surface area contributed by atoms with Gasteiger partial charge in [-0.25, -0.2) is 5.43 Å². The number of benzene rings is 1. The zero-order valence-corrected chi connectivity index (χ0v) is 16.4. The number of pyridine rings is 1. The highest BCUT2D eigenvalue weighted by atomic mass is 16.6. The molecule has 0 bridgehead atoms. The highest BCUT2D eigenvalue weighted by Gasteiger charge is 2.17. The Morgan fingerprint density at radius 1 is 1.03 bits per heavy atom. The molecule has 1 aromatic carbocycles. The molecule has 2 aromatic heterocycles. The molecule has 4 rings (SSSR count). The first-order valence-electron chi connectivity index (χ1n) is 9.47. The third-order valence-electron chi connectivity index (χ3n) is 4.34. The van der Waals surface area contributed by atoms with Crippen LogP contribution in [0.3, 0.4) is 0 Å². The minimum absolute atomic E-state index is 0.00278. The molecule has 0 saturated carbocycles. The van der Waals surface area contributed by atoms with E-state index in [1.807, 2.05) is 17.0 Å². The largest absolute Gasteiger partial charge is 0.378 e. The maximum Gasteiger partial charge on any atom is 0.269 e. The second kappa shape index (κ2) is 9.54. The number of non-ortho nitro benzene ring substituents is 1. The highest BCUT2D eigenvalue weighted by molar-refractivity contribution is 5.79. The summed E-state index contributed by atoms with van der Waals surface area (Å²) in [5.41, 5.74) is 4.30. The number of nitro groups is 1. The Labute approximate surface area is 177 Å². The van der Waals surface area contributed by atoms with Crippen LogP contribution in [0.25, 0.3) is 0 Å². The van der Waals surface area contributed by atoms with Crippen LogP contribution in [0.15, 0.2) is 53.9 Å². The lowest BCUT2D eigenvalue weighted by Crippen LogP contribution is -2.37. The van der Waals surface area contributed by atoms with Gasteiger partial charge in [0.25, 0.3) is 5.69 Å². The molecule has 31 heavy (non-hydrogen) atoms. The van der Waals surface area contributed by atoms with Crippen LogP contribution in [0.5, 0.6) is 0 Å². The molecule has 3 heterocycles. The minimum atomic E-state index is -0.452. The van der Waals surface area contributed by atoms with Gasteiger partial charge in [-0.1, -0.05) is 0 Å². The average Bonchev–Trinajstić information content (AvgIpc) is 2.81. The Balaban J connectivity index is 1.56. The molecule has 12 nitrogen and oxygen atoms in total. The second-order valence-corrected chi connectivity index (χ2v) is 6.46. The topological polar surface area (TPSA) is 144 Å². The van der Waals surface area contributed by atoms with Gasteiger partial charge in [0.05, 0.1) is 24.4 Å². The van der Waals surface area contributed by atoms with Crippen molar-refractivity contribution in [1.29, 1.82) is 0 Å². The van der Waals surface area contributed by atoms with E-state index in [1.165, 1.54) is 12.1 Å². The summed E-state index contributed by atoms with van der Waals surface area (Å²) in [6.07, 6.45) is 4.98. The monoisotopic (exact) mass is 421 g/mol. The molecule has 1 saturated heterocycles. The van der Waals surface area contributed by atoms with E-state index in [0.717, 1.165) is 5.56 Å². The summed E-state index contributed by atoms with van der Waals surface area (Å²) in [6.45, 7) is 2.47. The van der Waals surface area contributed by atoms with Crippen molar-refractivity contribution in [2.24, 2.45) is 5.10 Å². The molecule has 0 amide bonds. The van der Waals surface area contributed by atoms with E-state index in [9.17, 15) is 10.1 Å². The van der Waals surface area contributed by atoms with Crippen molar-refractivity contribution in [2.75, 3.05) is 41.9 Å². The van der Waals surface area contributed by atoms with Crippen LogP contribution in [0.4, 0.5) is 29.2 Å². The quantitative estimate of drug-likeness (QED) is 0.331. The summed E-state index contributed by atoms with van der Waals surface area (Å²) in [5.74, 6) is 1.02. The number of nitrogens with one attached hydrogen (secondary N) is 2. The van der Waals surface area contributed by atoms with Gasteiger partial charge in [0.2, 0.25) is 17.8 Å². The number of nitro benzene ring substituents is 1. The molecule has 0 unspecified atom stereocenters. The first kappa shape index (κ1) is 20.1. The Morgan fingerprint density at radius 2 is 1.74 bits per heavy atom. The second-order valence-electron chi connectivity index (χ2n) is 6.46. The zero-order chi connectivity index (χ0) is 21.5. The van der Waals surface area contributed by atoms with E-state index in [1.54, 1.807) is 30.7 Å². The number of hydrogen-bond acceptors (Lipinski definition) is 11. The number of ether oxygens (including phenoxy) is 1. The molecule has 0 atom stereocenters. The van der Waals surface area contributed by atoms with Crippen molar-refractivity contribution in [2.45, 2.75) is 0 Å². The Hall–Kier alpha value is -4.19. The average molecular weight is 421 g/mol. The van der Waals surface area contributed by atoms with Crippen LogP contribution in [0.2, 0.25) is 0 Å². The van der Waals surface area contributed by atoms with E-state index >= 15 is 0 Å². The fourth-order valence-corrected chi connectivity index (χ4v) is 2.79. The fraction of sp³-hybridized carbons (Fsp3) is 0.211. The molecule has 1 aliphatic heterocycles. The number of hydrazone groups is 1. The zero-order valence-electron chi connectivity index (χ0n) is 16.4. The third-order valence-corrected chi connectivity index (χ3v) is 4.34. The number of rotatable bonds is 7. The molecular formula is C19H19N9O3. The van der Waals surface area contributed by atoms with Gasteiger partial charge in [-0.15, -0.1) is 0 Å². The van der Waals surface area contributed by atoms with Crippen molar-refractivity contribution in [1.82, 2.24) is 19.9 Å². The first-order chi connectivity index (χ1) is 15.2. The fourth-order valence-electron chi connectivity index (χ4n) is 2.79. The molecule has 12 heteroatoms. The Kier molecular flexibility index (Phi) is 6.18. The van der Waals surface area contributed by atoms with Crippen LogP contribution in [-0.2, 0) is 4.74 Å². The SMILES string of the molecule is O=[N+]([O-])c1ccc(Nc2nc(NN=Cc3ccncc3)nc(N3CCOCC3)n2)cc1. The van der Waals surface area contributed by atoms with Gasteiger partial charge in [0.1, 0.15) is 0 Å². The van der Waals surface area contributed by atoms with Crippen molar-refractivity contribution in [3.63, 3.8) is 0 Å². The van der Waals surface area contributed by atoms with Gasteiger partial charge < -0.3 is 15.0 Å². The molecule has 3 aromatic rings. The molecule has 2 N–H and O–H groups in total. The summed E-state index contributed by atoms with van der Waals surface area (Å²) in [7, 11) is 0. The highest BCUT2D eigenvalue weighted by Crippen LogP contribution is 2.21. The number of anilines is 4. The summed E-state index contributed by atoms with van der Waals surface area (Å²) in [5, 5.41) is 18.1. The van der Waals surface area contributed by atoms with Crippen LogP contribution in [0, 0.1) is 10.1 Å². The van der Waals surface area contributed by atoms with E-state index in [0.29, 0.717) is 37.9 Å². The van der Waals surface area contributed by atoms with E-state index in [2.05, 4.69) is 35.8 Å². The van der Waals surface area contributed by atoms with Gasteiger partial charge >= 0.3 is 0 Å². The number of morpholine rings is 1. The Morgan fingerprint density at radius 3 is 2.45 bits per heavy atom. The summed E-state index contributed by atoms with van der Waals surface area (Å²) >= 11 is 0. The molecule has 0 radical (unpaired) electrons.